The molecule has 1 aliphatic heterocycles. The molecule has 1 aliphatic rings. The van der Waals surface area contributed by atoms with E-state index in [9.17, 15) is 14.9 Å². The van der Waals surface area contributed by atoms with E-state index in [1.807, 2.05) is 13.0 Å². The lowest BCUT2D eigenvalue weighted by molar-refractivity contribution is -0.385. The van der Waals surface area contributed by atoms with Gasteiger partial charge in [-0.05, 0) is 37.3 Å². The number of nitro groups is 1. The number of hydrogen-bond donors (Lipinski definition) is 3. The van der Waals surface area contributed by atoms with Gasteiger partial charge in [0.2, 0.25) is 6.29 Å². The lowest BCUT2D eigenvalue weighted by Gasteiger charge is -2.38. The van der Waals surface area contributed by atoms with Crippen molar-refractivity contribution in [3.63, 3.8) is 0 Å². The highest BCUT2D eigenvalue weighted by Gasteiger charge is 2.38. The van der Waals surface area contributed by atoms with E-state index in [1.165, 1.54) is 18.3 Å². The number of aromatic nitrogens is 1. The molecule has 0 saturated carbocycles. The molecule has 12 nitrogen and oxygen atoms in total. The van der Waals surface area contributed by atoms with Gasteiger partial charge in [0, 0.05) is 38.3 Å². The monoisotopic (exact) mass is 510 g/mol. The van der Waals surface area contributed by atoms with Crippen LogP contribution in [0.4, 0.5) is 11.5 Å². The number of ether oxygens (including phenoxy) is 4. The molecule has 1 amide bonds. The number of nitrogens with zero attached hydrogens (tertiary/aromatic N) is 2. The Hall–Kier alpha value is -2.80. The maximum absolute atomic E-state index is 12.8. The Kier molecular flexibility index (Phi) is 13.1. The zero-order valence-corrected chi connectivity index (χ0v) is 21.2. The van der Waals surface area contributed by atoms with Crippen LogP contribution in [0.1, 0.15) is 27.2 Å². The fourth-order valence-corrected chi connectivity index (χ4v) is 3.86. The third kappa shape index (κ3) is 9.69. The lowest BCUT2D eigenvalue weighted by atomic mass is 9.79. The molecule has 0 fully saturated rings. The smallest absolute Gasteiger partial charge is 0.287 e. The predicted octanol–water partition coefficient (Wildman–Crippen LogP) is 2.10. The van der Waals surface area contributed by atoms with Crippen molar-refractivity contribution in [2.75, 3.05) is 58.0 Å². The van der Waals surface area contributed by atoms with E-state index in [1.54, 1.807) is 0 Å². The van der Waals surface area contributed by atoms with Gasteiger partial charge in [-0.3, -0.25) is 14.9 Å². The van der Waals surface area contributed by atoms with Gasteiger partial charge in [0.05, 0.1) is 31.4 Å². The zero-order valence-electron chi connectivity index (χ0n) is 21.2. The molecule has 3 unspecified atom stereocenters. The average Bonchev–Trinajstić information content (AvgIpc) is 2.86. The van der Waals surface area contributed by atoms with Gasteiger partial charge in [-0.2, -0.15) is 0 Å². The van der Waals surface area contributed by atoms with Crippen LogP contribution in [0.2, 0.25) is 0 Å². The van der Waals surface area contributed by atoms with Gasteiger partial charge < -0.3 is 34.7 Å². The Balaban J connectivity index is 1.88. The minimum atomic E-state index is -0.565. The molecule has 0 spiro atoms. The summed E-state index contributed by atoms with van der Waals surface area (Å²) in [5.41, 5.74) is -0.0873. The standard InChI is InChI=1S/C24H38N4O8/c1-4-35-24-19(7-11-33-13-14-34-12-10-29)20(17(2)3)15-21(36-24)23(30)26-9-8-25-22-6-5-18(16-27-22)28(31)32/h5-6,15-17,19-20,24,29H,4,7-14H2,1-3H3,(H,25,27)(H,26,30). The molecule has 0 aliphatic carbocycles. The molecule has 2 heterocycles. The Morgan fingerprint density at radius 2 is 1.97 bits per heavy atom. The van der Waals surface area contributed by atoms with Crippen molar-refractivity contribution in [1.29, 1.82) is 0 Å². The van der Waals surface area contributed by atoms with Crippen molar-refractivity contribution in [2.24, 2.45) is 17.8 Å². The molecule has 12 heteroatoms. The third-order valence-corrected chi connectivity index (χ3v) is 5.63. The highest BCUT2D eigenvalue weighted by Crippen LogP contribution is 2.36. The molecule has 2 rings (SSSR count). The topological polar surface area (TPSA) is 154 Å². The van der Waals surface area contributed by atoms with Crippen LogP contribution in [-0.2, 0) is 23.7 Å². The highest BCUT2D eigenvalue weighted by molar-refractivity contribution is 5.91. The molecular weight excluding hydrogens is 472 g/mol. The van der Waals surface area contributed by atoms with E-state index in [2.05, 4.69) is 29.5 Å². The first-order valence-electron chi connectivity index (χ1n) is 12.3. The number of pyridine rings is 1. The zero-order chi connectivity index (χ0) is 26.3. The minimum Gasteiger partial charge on any atom is -0.459 e. The summed E-state index contributed by atoms with van der Waals surface area (Å²) in [4.78, 5) is 27.0. The quantitative estimate of drug-likeness (QED) is 0.161. The van der Waals surface area contributed by atoms with E-state index in [0.29, 0.717) is 58.4 Å². The van der Waals surface area contributed by atoms with Gasteiger partial charge in [0.15, 0.2) is 5.76 Å². The molecule has 3 atom stereocenters. The average molecular weight is 511 g/mol. The van der Waals surface area contributed by atoms with Crippen LogP contribution in [-0.4, -0.2) is 79.9 Å². The number of amides is 1. The summed E-state index contributed by atoms with van der Waals surface area (Å²) < 4.78 is 22.7. The van der Waals surface area contributed by atoms with Crippen LogP contribution >= 0.6 is 0 Å². The molecular formula is C24H38N4O8. The summed E-state index contributed by atoms with van der Waals surface area (Å²) in [5.74, 6) is 0.717. The van der Waals surface area contributed by atoms with E-state index in [4.69, 9.17) is 24.1 Å². The van der Waals surface area contributed by atoms with Gasteiger partial charge in [-0.15, -0.1) is 0 Å². The van der Waals surface area contributed by atoms with Crippen molar-refractivity contribution in [1.82, 2.24) is 10.3 Å². The number of aliphatic hydroxyl groups excluding tert-OH is 1. The molecule has 36 heavy (non-hydrogen) atoms. The summed E-state index contributed by atoms with van der Waals surface area (Å²) in [6.45, 7) is 8.86. The van der Waals surface area contributed by atoms with E-state index in [0.717, 1.165) is 0 Å². The van der Waals surface area contributed by atoms with Crippen LogP contribution in [0.5, 0.6) is 0 Å². The lowest BCUT2D eigenvalue weighted by Crippen LogP contribution is -2.42. The SMILES string of the molecule is CCOC1OC(C(=O)NCCNc2ccc([N+](=O)[O-])cn2)=CC(C(C)C)C1CCOCCOCCO. The van der Waals surface area contributed by atoms with Gasteiger partial charge in [0.25, 0.3) is 11.6 Å². The second kappa shape index (κ2) is 16.0. The van der Waals surface area contributed by atoms with Crippen molar-refractivity contribution in [3.8, 4) is 0 Å². The minimum absolute atomic E-state index is 0.0126. The predicted molar refractivity (Wildman–Crippen MR) is 132 cm³/mol. The summed E-state index contributed by atoms with van der Waals surface area (Å²) in [6.07, 6.45) is 3.18. The fraction of sp³-hybridized carbons (Fsp3) is 0.667. The largest absolute Gasteiger partial charge is 0.459 e. The van der Waals surface area contributed by atoms with Crippen LogP contribution in [0.25, 0.3) is 0 Å². The molecule has 202 valence electrons. The molecule has 3 N–H and O–H groups in total. The number of carbonyl (C=O) groups is 1. The molecule has 0 bridgehead atoms. The molecule has 0 aromatic carbocycles. The second-order valence-corrected chi connectivity index (χ2v) is 8.54. The Morgan fingerprint density at radius 3 is 2.58 bits per heavy atom. The Bertz CT molecular complexity index is 834. The van der Waals surface area contributed by atoms with Crippen molar-refractivity contribution >= 4 is 17.4 Å². The third-order valence-electron chi connectivity index (χ3n) is 5.63. The van der Waals surface area contributed by atoms with Gasteiger partial charge >= 0.3 is 0 Å². The van der Waals surface area contributed by atoms with Crippen LogP contribution in [0.15, 0.2) is 30.2 Å². The first-order chi connectivity index (χ1) is 17.4. The van der Waals surface area contributed by atoms with Gasteiger partial charge in [-0.25, -0.2) is 4.98 Å². The summed E-state index contributed by atoms with van der Waals surface area (Å²) >= 11 is 0. The van der Waals surface area contributed by atoms with E-state index >= 15 is 0 Å². The first-order valence-corrected chi connectivity index (χ1v) is 12.3. The number of carbonyl (C=O) groups excluding carboxylic acids is 1. The summed E-state index contributed by atoms with van der Waals surface area (Å²) in [6, 6.07) is 2.87. The van der Waals surface area contributed by atoms with E-state index in [-0.39, 0.29) is 41.7 Å². The van der Waals surface area contributed by atoms with Crippen molar-refractivity contribution in [3.05, 3.63) is 40.3 Å². The molecule has 0 radical (unpaired) electrons. The second-order valence-electron chi connectivity index (χ2n) is 8.54. The number of allylic oxidation sites excluding steroid dienone is 1. The van der Waals surface area contributed by atoms with Crippen LogP contribution < -0.4 is 10.6 Å². The normalized spacial score (nSPS) is 19.5. The van der Waals surface area contributed by atoms with Gasteiger partial charge in [0.1, 0.15) is 12.0 Å². The van der Waals surface area contributed by atoms with Crippen LogP contribution in [0, 0.1) is 27.9 Å². The maximum atomic E-state index is 12.8. The Labute approximate surface area is 211 Å². The number of aliphatic hydroxyl groups is 1. The summed E-state index contributed by atoms with van der Waals surface area (Å²) in [5, 5.41) is 25.3. The van der Waals surface area contributed by atoms with Crippen molar-refractivity contribution < 1.29 is 33.8 Å². The number of rotatable bonds is 17. The first kappa shape index (κ1) is 29.4. The highest BCUT2D eigenvalue weighted by atomic mass is 16.7. The van der Waals surface area contributed by atoms with E-state index < -0.39 is 11.2 Å². The fourth-order valence-electron chi connectivity index (χ4n) is 3.86. The molecule has 1 aromatic rings. The molecule has 0 saturated heterocycles. The van der Waals surface area contributed by atoms with Gasteiger partial charge in [-0.1, -0.05) is 13.8 Å². The molecule has 1 aromatic heterocycles. The number of hydrogen-bond acceptors (Lipinski definition) is 10. The summed E-state index contributed by atoms with van der Waals surface area (Å²) in [7, 11) is 0. The number of anilines is 1. The Morgan fingerprint density at radius 1 is 1.22 bits per heavy atom. The van der Waals surface area contributed by atoms with Crippen LogP contribution in [0.3, 0.4) is 0 Å². The number of nitrogens with one attached hydrogen (secondary N) is 2. The van der Waals surface area contributed by atoms with Crippen molar-refractivity contribution in [2.45, 2.75) is 33.5 Å². The maximum Gasteiger partial charge on any atom is 0.287 e.